The van der Waals surface area contributed by atoms with Crippen molar-refractivity contribution >= 4 is 17.4 Å². The van der Waals surface area contributed by atoms with Crippen LogP contribution in [0.1, 0.15) is 31.1 Å². The van der Waals surface area contributed by atoms with Crippen LogP contribution in [0.4, 0.5) is 10.2 Å². The number of hydrogen-bond acceptors (Lipinski definition) is 6. The molecule has 0 atom stereocenters. The number of fused-ring (bicyclic) bond motifs is 1. The maximum Gasteiger partial charge on any atom is 0.344 e. The monoisotopic (exact) mass is 343 g/mol. The number of rotatable bonds is 5. The van der Waals surface area contributed by atoms with Crippen molar-refractivity contribution in [1.29, 1.82) is 0 Å². The zero-order valence-corrected chi connectivity index (χ0v) is 14.2. The van der Waals surface area contributed by atoms with E-state index in [0.717, 1.165) is 0 Å². The standard InChI is InChI=1S/C17H18FN5O2/c1-4-25-17(24)13-14(22-23-9-5-8-19-16(13)23)11-6-7-12(20-10(2)3)21-15(11)18/h5-10H,4H2,1-3H3,(H,20,21). The summed E-state index contributed by atoms with van der Waals surface area (Å²) in [5, 5.41) is 7.32. The smallest absolute Gasteiger partial charge is 0.344 e. The van der Waals surface area contributed by atoms with Crippen LogP contribution >= 0.6 is 0 Å². The summed E-state index contributed by atoms with van der Waals surface area (Å²) >= 11 is 0. The molecule has 3 aromatic rings. The van der Waals surface area contributed by atoms with Crippen molar-refractivity contribution in [2.75, 3.05) is 11.9 Å². The lowest BCUT2D eigenvalue weighted by molar-refractivity contribution is 0.0529. The minimum atomic E-state index is -0.723. The van der Waals surface area contributed by atoms with E-state index in [-0.39, 0.29) is 29.5 Å². The molecule has 0 fully saturated rings. The van der Waals surface area contributed by atoms with Crippen molar-refractivity contribution in [2.24, 2.45) is 0 Å². The molecule has 0 radical (unpaired) electrons. The lowest BCUT2D eigenvalue weighted by Gasteiger charge is -2.10. The number of esters is 1. The molecule has 3 heterocycles. The van der Waals surface area contributed by atoms with Crippen LogP contribution in [0, 0.1) is 5.95 Å². The Kier molecular flexibility index (Phi) is 4.60. The summed E-state index contributed by atoms with van der Waals surface area (Å²) in [5.41, 5.74) is 0.688. The Balaban J connectivity index is 2.15. The molecule has 3 rings (SSSR count). The average Bonchev–Trinajstić information content (AvgIpc) is 2.93. The zero-order chi connectivity index (χ0) is 18.0. The maximum absolute atomic E-state index is 14.6. The number of pyridine rings is 1. The van der Waals surface area contributed by atoms with E-state index in [0.29, 0.717) is 11.5 Å². The molecule has 8 heteroatoms. The quantitative estimate of drug-likeness (QED) is 0.567. The van der Waals surface area contributed by atoms with Gasteiger partial charge in [-0.3, -0.25) is 0 Å². The molecular formula is C17H18FN5O2. The molecule has 130 valence electrons. The molecule has 0 aromatic carbocycles. The fraction of sp³-hybridized carbons (Fsp3) is 0.294. The lowest BCUT2D eigenvalue weighted by Crippen LogP contribution is -2.12. The molecule has 0 spiro atoms. The van der Waals surface area contributed by atoms with Crippen molar-refractivity contribution in [3.63, 3.8) is 0 Å². The molecule has 0 aliphatic heterocycles. The van der Waals surface area contributed by atoms with Crippen molar-refractivity contribution in [3.05, 3.63) is 42.1 Å². The van der Waals surface area contributed by atoms with Gasteiger partial charge in [0.25, 0.3) is 0 Å². The fourth-order valence-electron chi connectivity index (χ4n) is 2.45. The molecule has 0 bridgehead atoms. The SMILES string of the molecule is CCOC(=O)c1c(-c2ccc(NC(C)C)nc2F)nn2cccnc12. The second-order valence-electron chi connectivity index (χ2n) is 5.67. The first-order valence-electron chi connectivity index (χ1n) is 7.95. The van der Waals surface area contributed by atoms with Gasteiger partial charge in [0, 0.05) is 18.4 Å². The van der Waals surface area contributed by atoms with Gasteiger partial charge in [0.05, 0.1) is 12.2 Å². The van der Waals surface area contributed by atoms with Crippen LogP contribution in [0.2, 0.25) is 0 Å². The van der Waals surface area contributed by atoms with Crippen molar-refractivity contribution in [1.82, 2.24) is 19.6 Å². The van der Waals surface area contributed by atoms with Crippen molar-refractivity contribution in [3.8, 4) is 11.3 Å². The van der Waals surface area contributed by atoms with Crippen LogP contribution in [0.5, 0.6) is 0 Å². The lowest BCUT2D eigenvalue weighted by atomic mass is 10.1. The molecule has 0 amide bonds. The number of hydrogen-bond donors (Lipinski definition) is 1. The normalized spacial score (nSPS) is 11.1. The van der Waals surface area contributed by atoms with E-state index in [4.69, 9.17) is 4.74 Å². The van der Waals surface area contributed by atoms with Crippen LogP contribution < -0.4 is 5.32 Å². The van der Waals surface area contributed by atoms with E-state index in [1.807, 2.05) is 13.8 Å². The second kappa shape index (κ2) is 6.84. The topological polar surface area (TPSA) is 81.4 Å². The first-order chi connectivity index (χ1) is 12.0. The van der Waals surface area contributed by atoms with E-state index < -0.39 is 11.9 Å². The van der Waals surface area contributed by atoms with Gasteiger partial charge in [-0.15, -0.1) is 0 Å². The summed E-state index contributed by atoms with van der Waals surface area (Å²) < 4.78 is 21.1. The first-order valence-corrected chi connectivity index (χ1v) is 7.95. The first kappa shape index (κ1) is 16.8. The largest absolute Gasteiger partial charge is 0.462 e. The molecule has 25 heavy (non-hydrogen) atoms. The maximum atomic E-state index is 14.6. The molecule has 0 aliphatic carbocycles. The Hall–Kier alpha value is -3.03. The van der Waals surface area contributed by atoms with Crippen LogP contribution in [0.3, 0.4) is 0 Å². The number of ether oxygens (including phenoxy) is 1. The van der Waals surface area contributed by atoms with E-state index in [2.05, 4.69) is 20.4 Å². The minimum absolute atomic E-state index is 0.114. The number of anilines is 1. The van der Waals surface area contributed by atoms with Gasteiger partial charge in [-0.1, -0.05) is 0 Å². The zero-order valence-electron chi connectivity index (χ0n) is 14.2. The Morgan fingerprint density at radius 3 is 2.88 bits per heavy atom. The van der Waals surface area contributed by atoms with E-state index >= 15 is 0 Å². The number of carbonyl (C=O) groups excluding carboxylic acids is 1. The highest BCUT2D eigenvalue weighted by molar-refractivity contribution is 6.02. The summed E-state index contributed by atoms with van der Waals surface area (Å²) in [6, 6.07) is 4.97. The summed E-state index contributed by atoms with van der Waals surface area (Å²) in [6.07, 6.45) is 3.17. The van der Waals surface area contributed by atoms with Gasteiger partial charge in [0.1, 0.15) is 17.1 Å². The van der Waals surface area contributed by atoms with Crippen LogP contribution in [0.25, 0.3) is 16.9 Å². The highest BCUT2D eigenvalue weighted by atomic mass is 19.1. The predicted octanol–water partition coefficient (Wildman–Crippen LogP) is 2.93. The molecular weight excluding hydrogens is 325 g/mol. The van der Waals surface area contributed by atoms with E-state index in [1.54, 1.807) is 25.3 Å². The van der Waals surface area contributed by atoms with Crippen LogP contribution in [-0.2, 0) is 4.74 Å². The molecule has 1 N–H and O–H groups in total. The number of nitrogens with zero attached hydrogens (tertiary/aromatic N) is 4. The molecule has 7 nitrogen and oxygen atoms in total. The van der Waals surface area contributed by atoms with Gasteiger partial charge in [-0.2, -0.15) is 9.49 Å². The molecule has 3 aromatic heterocycles. The average molecular weight is 343 g/mol. The number of carbonyl (C=O) groups is 1. The third kappa shape index (κ3) is 3.28. The Morgan fingerprint density at radius 2 is 2.20 bits per heavy atom. The van der Waals surface area contributed by atoms with Gasteiger partial charge in [0.2, 0.25) is 5.95 Å². The van der Waals surface area contributed by atoms with Crippen LogP contribution in [0.15, 0.2) is 30.6 Å². The Morgan fingerprint density at radius 1 is 1.40 bits per heavy atom. The van der Waals surface area contributed by atoms with Crippen molar-refractivity contribution < 1.29 is 13.9 Å². The highest BCUT2D eigenvalue weighted by Gasteiger charge is 2.25. The number of aromatic nitrogens is 4. The molecule has 0 saturated heterocycles. The fourth-order valence-corrected chi connectivity index (χ4v) is 2.45. The summed E-state index contributed by atoms with van der Waals surface area (Å²) in [4.78, 5) is 20.4. The summed E-state index contributed by atoms with van der Waals surface area (Å²) in [7, 11) is 0. The Labute approximate surface area is 143 Å². The summed E-state index contributed by atoms with van der Waals surface area (Å²) in [6.45, 7) is 5.76. The third-order valence-corrected chi connectivity index (χ3v) is 3.42. The number of nitrogens with one attached hydrogen (secondary N) is 1. The van der Waals surface area contributed by atoms with Crippen LogP contribution in [-0.4, -0.2) is 38.2 Å². The van der Waals surface area contributed by atoms with Gasteiger partial charge in [-0.05, 0) is 39.0 Å². The van der Waals surface area contributed by atoms with Gasteiger partial charge in [-0.25, -0.2) is 19.3 Å². The molecule has 0 unspecified atom stereocenters. The van der Waals surface area contributed by atoms with Crippen molar-refractivity contribution in [2.45, 2.75) is 26.8 Å². The van der Waals surface area contributed by atoms with E-state index in [1.165, 1.54) is 16.8 Å². The van der Waals surface area contributed by atoms with Gasteiger partial charge >= 0.3 is 5.97 Å². The van der Waals surface area contributed by atoms with Gasteiger partial charge < -0.3 is 10.1 Å². The van der Waals surface area contributed by atoms with E-state index in [9.17, 15) is 9.18 Å². The second-order valence-corrected chi connectivity index (χ2v) is 5.67. The van der Waals surface area contributed by atoms with Gasteiger partial charge in [0.15, 0.2) is 5.65 Å². The predicted molar refractivity (Wildman–Crippen MR) is 90.9 cm³/mol. The molecule has 0 aliphatic rings. The summed E-state index contributed by atoms with van der Waals surface area (Å²) in [5.74, 6) is -0.912. The highest BCUT2D eigenvalue weighted by Crippen LogP contribution is 2.28. The Bertz CT molecular complexity index is 923. The third-order valence-electron chi connectivity index (χ3n) is 3.42. The molecule has 0 saturated carbocycles. The minimum Gasteiger partial charge on any atom is -0.462 e. The number of halogens is 1.